The summed E-state index contributed by atoms with van der Waals surface area (Å²) in [4.78, 5) is 4.44. The largest absolute Gasteiger partial charge is 0.433 e. The summed E-state index contributed by atoms with van der Waals surface area (Å²) in [6.07, 6.45) is 2.46. The number of hydrogen-bond acceptors (Lipinski definition) is 5. The monoisotopic (exact) mass is 465 g/mol. The SMILES string of the molecule is FC(F)(F)c1cc(-c2ccccc2)nc2cc(-c3nnc(C45CC6CC(CC(C6)C4)C5)o3)nn12. The van der Waals surface area contributed by atoms with Gasteiger partial charge in [-0.05, 0) is 62.3 Å². The number of alkyl halides is 3. The molecule has 9 heteroatoms. The minimum Gasteiger partial charge on any atom is -0.419 e. The van der Waals surface area contributed by atoms with Crippen molar-refractivity contribution in [2.45, 2.75) is 50.1 Å². The Kier molecular flexibility index (Phi) is 4.09. The Balaban J connectivity index is 1.30. The number of aromatic nitrogens is 5. The van der Waals surface area contributed by atoms with Gasteiger partial charge < -0.3 is 4.42 Å². The van der Waals surface area contributed by atoms with Crippen molar-refractivity contribution >= 4 is 5.65 Å². The normalized spacial score (nSPS) is 28.1. The van der Waals surface area contributed by atoms with Gasteiger partial charge in [-0.25, -0.2) is 9.50 Å². The molecule has 0 unspecified atom stereocenters. The molecule has 174 valence electrons. The van der Waals surface area contributed by atoms with E-state index in [0.717, 1.165) is 29.8 Å². The van der Waals surface area contributed by atoms with E-state index in [0.29, 0.717) is 29.2 Å². The molecular weight excluding hydrogens is 443 g/mol. The van der Waals surface area contributed by atoms with Crippen LogP contribution < -0.4 is 0 Å². The van der Waals surface area contributed by atoms with Crippen molar-refractivity contribution in [3.05, 3.63) is 54.0 Å². The summed E-state index contributed by atoms with van der Waals surface area (Å²) in [6.45, 7) is 0. The second-order valence-electron chi connectivity index (χ2n) is 10.3. The van der Waals surface area contributed by atoms with E-state index in [-0.39, 0.29) is 28.3 Å². The standard InChI is InChI=1S/C25H22F3N5O/c26-25(27,28)20-9-18(17-4-2-1-3-5-17)29-21-10-19(32-33(20)21)22-30-31-23(34-22)24-11-14-6-15(12-24)8-16(7-14)13-24/h1-5,9-10,14-16H,6-8,11-13H2. The van der Waals surface area contributed by atoms with Gasteiger partial charge in [0.1, 0.15) is 0 Å². The van der Waals surface area contributed by atoms with E-state index >= 15 is 0 Å². The van der Waals surface area contributed by atoms with E-state index in [1.54, 1.807) is 30.3 Å². The first-order valence-corrected chi connectivity index (χ1v) is 11.7. The van der Waals surface area contributed by atoms with E-state index in [9.17, 15) is 13.2 Å². The quantitative estimate of drug-likeness (QED) is 0.375. The van der Waals surface area contributed by atoms with Crippen LogP contribution in [0.2, 0.25) is 0 Å². The van der Waals surface area contributed by atoms with Crippen molar-refractivity contribution < 1.29 is 17.6 Å². The van der Waals surface area contributed by atoms with Crippen LogP contribution in [-0.2, 0) is 11.6 Å². The maximum absolute atomic E-state index is 13.9. The van der Waals surface area contributed by atoms with Gasteiger partial charge in [-0.3, -0.25) is 0 Å². The maximum Gasteiger partial charge on any atom is 0.433 e. The Morgan fingerprint density at radius 2 is 1.56 bits per heavy atom. The smallest absolute Gasteiger partial charge is 0.419 e. The predicted molar refractivity (Wildman–Crippen MR) is 117 cm³/mol. The molecule has 4 aliphatic carbocycles. The number of halogens is 3. The number of rotatable bonds is 3. The second kappa shape index (κ2) is 6.90. The summed E-state index contributed by atoms with van der Waals surface area (Å²) >= 11 is 0. The van der Waals surface area contributed by atoms with Gasteiger partial charge in [0, 0.05) is 17.0 Å². The summed E-state index contributed by atoms with van der Waals surface area (Å²) in [6, 6.07) is 11.3. The lowest BCUT2D eigenvalue weighted by atomic mass is 9.49. The third-order valence-electron chi connectivity index (χ3n) is 7.92. The molecule has 0 amide bonds. The highest BCUT2D eigenvalue weighted by Gasteiger charge is 2.54. The number of benzene rings is 1. The van der Waals surface area contributed by atoms with Gasteiger partial charge in [0.15, 0.2) is 17.0 Å². The zero-order valence-electron chi connectivity index (χ0n) is 18.3. The Hall–Kier alpha value is -3.23. The lowest BCUT2D eigenvalue weighted by Gasteiger charge is -2.55. The topological polar surface area (TPSA) is 69.1 Å². The highest BCUT2D eigenvalue weighted by atomic mass is 19.4. The van der Waals surface area contributed by atoms with Crippen LogP contribution in [0.25, 0.3) is 28.5 Å². The molecular formula is C25H22F3N5O. The summed E-state index contributed by atoms with van der Waals surface area (Å²) in [5, 5.41) is 12.8. The van der Waals surface area contributed by atoms with Crippen LogP contribution in [-0.4, -0.2) is 24.8 Å². The molecule has 4 aromatic rings. The molecule has 3 heterocycles. The van der Waals surface area contributed by atoms with Crippen molar-refractivity contribution in [1.29, 1.82) is 0 Å². The van der Waals surface area contributed by atoms with Crippen molar-refractivity contribution in [3.63, 3.8) is 0 Å². The third-order valence-corrected chi connectivity index (χ3v) is 7.92. The molecule has 4 bridgehead atoms. The van der Waals surface area contributed by atoms with Crippen molar-refractivity contribution in [2.24, 2.45) is 17.8 Å². The van der Waals surface area contributed by atoms with Crippen LogP contribution in [0.4, 0.5) is 13.2 Å². The van der Waals surface area contributed by atoms with Gasteiger partial charge in [0.2, 0.25) is 5.89 Å². The first-order valence-electron chi connectivity index (χ1n) is 11.7. The van der Waals surface area contributed by atoms with Crippen LogP contribution in [0.3, 0.4) is 0 Å². The van der Waals surface area contributed by atoms with E-state index in [1.807, 2.05) is 0 Å². The third kappa shape index (κ3) is 3.09. The minimum absolute atomic E-state index is 0.0817. The van der Waals surface area contributed by atoms with E-state index in [4.69, 9.17) is 4.42 Å². The first-order chi connectivity index (χ1) is 16.4. The van der Waals surface area contributed by atoms with E-state index in [1.165, 1.54) is 25.3 Å². The maximum atomic E-state index is 13.9. The van der Waals surface area contributed by atoms with Crippen molar-refractivity contribution in [1.82, 2.24) is 24.8 Å². The molecule has 1 aromatic carbocycles. The zero-order valence-corrected chi connectivity index (χ0v) is 18.3. The van der Waals surface area contributed by atoms with Gasteiger partial charge >= 0.3 is 6.18 Å². The van der Waals surface area contributed by atoms with Crippen LogP contribution in [0.5, 0.6) is 0 Å². The molecule has 0 radical (unpaired) electrons. The Morgan fingerprint density at radius 3 is 2.21 bits per heavy atom. The van der Waals surface area contributed by atoms with Crippen LogP contribution in [0.15, 0.2) is 46.9 Å². The van der Waals surface area contributed by atoms with Crippen molar-refractivity contribution in [3.8, 4) is 22.8 Å². The van der Waals surface area contributed by atoms with Crippen LogP contribution in [0, 0.1) is 17.8 Å². The second-order valence-corrected chi connectivity index (χ2v) is 10.3. The van der Waals surface area contributed by atoms with Crippen LogP contribution in [0.1, 0.15) is 50.1 Å². The molecule has 0 atom stereocenters. The molecule has 0 spiro atoms. The summed E-state index contributed by atoms with van der Waals surface area (Å²) in [7, 11) is 0. The van der Waals surface area contributed by atoms with Gasteiger partial charge in [0.05, 0.1) is 5.69 Å². The fourth-order valence-corrected chi connectivity index (χ4v) is 6.95. The molecule has 4 fully saturated rings. The van der Waals surface area contributed by atoms with Crippen LogP contribution >= 0.6 is 0 Å². The minimum atomic E-state index is -4.60. The van der Waals surface area contributed by atoms with Crippen molar-refractivity contribution in [2.75, 3.05) is 0 Å². The molecule has 4 saturated carbocycles. The molecule has 0 saturated heterocycles. The summed E-state index contributed by atoms with van der Waals surface area (Å²) in [5.41, 5.74) is 0.120. The fourth-order valence-electron chi connectivity index (χ4n) is 6.95. The zero-order chi connectivity index (χ0) is 23.1. The highest BCUT2D eigenvalue weighted by molar-refractivity contribution is 5.65. The number of fused-ring (bicyclic) bond motifs is 1. The Bertz CT molecular complexity index is 1360. The molecule has 6 nitrogen and oxygen atoms in total. The predicted octanol–water partition coefficient (Wildman–Crippen LogP) is 5.93. The summed E-state index contributed by atoms with van der Waals surface area (Å²) < 4.78 is 48.7. The molecule has 34 heavy (non-hydrogen) atoms. The van der Waals surface area contributed by atoms with Gasteiger partial charge in [-0.15, -0.1) is 10.2 Å². The lowest BCUT2D eigenvalue weighted by molar-refractivity contribution is -0.142. The Labute approximate surface area is 193 Å². The first kappa shape index (κ1) is 20.2. The average molecular weight is 465 g/mol. The average Bonchev–Trinajstić information content (AvgIpc) is 3.45. The molecule has 0 aliphatic heterocycles. The van der Waals surface area contributed by atoms with Gasteiger partial charge in [0.25, 0.3) is 5.89 Å². The Morgan fingerprint density at radius 1 is 0.882 bits per heavy atom. The summed E-state index contributed by atoms with van der Waals surface area (Å²) in [5.74, 6) is 2.91. The fraction of sp³-hybridized carbons (Fsp3) is 0.440. The van der Waals surface area contributed by atoms with Gasteiger partial charge in [-0.1, -0.05) is 30.3 Å². The molecule has 0 N–H and O–H groups in total. The lowest BCUT2D eigenvalue weighted by Crippen LogP contribution is -2.48. The molecule has 3 aromatic heterocycles. The van der Waals surface area contributed by atoms with E-state index < -0.39 is 11.9 Å². The van der Waals surface area contributed by atoms with E-state index in [2.05, 4.69) is 20.3 Å². The highest BCUT2D eigenvalue weighted by Crippen LogP contribution is 2.60. The number of hydrogen-bond donors (Lipinski definition) is 0. The van der Waals surface area contributed by atoms with Gasteiger partial charge in [-0.2, -0.15) is 18.3 Å². The molecule has 8 rings (SSSR count). The number of nitrogens with zero attached hydrogens (tertiary/aromatic N) is 5. The molecule has 4 aliphatic rings.